The maximum atomic E-state index is 13.4. The molecule has 1 N–H and O–H groups in total. The molecule has 1 aromatic carbocycles. The average molecular weight is 411 g/mol. The van der Waals surface area contributed by atoms with Crippen LogP contribution in [0.1, 0.15) is 24.0 Å². The number of ether oxygens (including phenoxy) is 3. The first-order valence-electron chi connectivity index (χ1n) is 10.5. The van der Waals surface area contributed by atoms with Crippen LogP contribution in [0.5, 0.6) is 11.5 Å². The molecule has 1 aromatic rings. The number of nitrogens with zero attached hydrogens (tertiary/aromatic N) is 1. The summed E-state index contributed by atoms with van der Waals surface area (Å²) in [5, 5.41) is 10.5. The van der Waals surface area contributed by atoms with Crippen molar-refractivity contribution in [3.05, 3.63) is 42.0 Å². The van der Waals surface area contributed by atoms with Crippen LogP contribution >= 0.6 is 0 Å². The van der Waals surface area contributed by atoms with Crippen molar-refractivity contribution in [2.24, 2.45) is 16.7 Å². The highest BCUT2D eigenvalue weighted by Crippen LogP contribution is 2.72. The van der Waals surface area contributed by atoms with E-state index in [1.807, 2.05) is 6.07 Å². The third kappa shape index (κ3) is 2.02. The minimum atomic E-state index is -0.692. The summed E-state index contributed by atoms with van der Waals surface area (Å²) < 4.78 is 17.3. The van der Waals surface area contributed by atoms with Gasteiger partial charge in [-0.3, -0.25) is 9.69 Å². The molecule has 6 nitrogen and oxygen atoms in total. The quantitative estimate of drug-likeness (QED) is 0.803. The number of aromatic hydroxyl groups is 1. The molecule has 5 bridgehead atoms. The van der Waals surface area contributed by atoms with Crippen molar-refractivity contribution >= 4 is 11.4 Å². The van der Waals surface area contributed by atoms with Crippen LogP contribution in [0.2, 0.25) is 0 Å². The molecular formula is C24H29NO5. The first-order chi connectivity index (χ1) is 14.4. The molecule has 1 heterocycles. The number of methoxy groups -OCH3 is 3. The molecule has 6 heteroatoms. The highest BCUT2D eigenvalue weighted by Gasteiger charge is 2.76. The maximum Gasteiger partial charge on any atom is 0.165 e. The molecule has 5 rings (SSSR count). The van der Waals surface area contributed by atoms with Crippen molar-refractivity contribution in [1.82, 2.24) is 4.90 Å². The van der Waals surface area contributed by atoms with E-state index < -0.39 is 10.8 Å². The number of hydrogen-bond donors (Lipinski definition) is 1. The molecule has 3 aliphatic carbocycles. The standard InChI is InChI=1S/C24H29NO5/c1-6-25-11-23(12-28-3)18(27)7-8-24-13(2)14-9-16(26)17(29-4)10-15(14)19(22(24)25)20(30-5)21(23)24/h7-10,19-22,26H,2,6,11-12H2,1,3-5H3/t19-,20-,21+,22+,23-,24+/m0/s1. The highest BCUT2D eigenvalue weighted by atomic mass is 16.5. The Hall–Kier alpha value is -2.15. The molecule has 0 amide bonds. The van der Waals surface area contributed by atoms with Crippen LogP contribution in [-0.4, -0.2) is 69.0 Å². The van der Waals surface area contributed by atoms with Crippen LogP contribution in [0.3, 0.4) is 0 Å². The summed E-state index contributed by atoms with van der Waals surface area (Å²) in [7, 11) is 4.95. The SMILES string of the molecule is C=C1c2cc(O)c(OC)cc2[C@H]2[C@H](OC)[C@@H]3[C@]4(COC)CN(CC)[C@H]2[C@]13C=CC4=O. The van der Waals surface area contributed by atoms with Crippen molar-refractivity contribution in [2.45, 2.75) is 25.0 Å². The Morgan fingerprint density at radius 2 is 2.07 bits per heavy atom. The fourth-order valence-electron chi connectivity index (χ4n) is 7.20. The molecular weight excluding hydrogens is 382 g/mol. The fourth-order valence-corrected chi connectivity index (χ4v) is 7.20. The van der Waals surface area contributed by atoms with Gasteiger partial charge in [-0.1, -0.05) is 19.6 Å². The molecule has 30 heavy (non-hydrogen) atoms. The van der Waals surface area contributed by atoms with E-state index in [2.05, 4.69) is 24.5 Å². The first kappa shape index (κ1) is 19.8. The Kier molecular flexibility index (Phi) is 4.24. The molecule has 0 unspecified atom stereocenters. The molecule has 4 aliphatic rings. The summed E-state index contributed by atoms with van der Waals surface area (Å²) in [6, 6.07) is 3.81. The number of benzene rings is 1. The molecule has 1 aliphatic heterocycles. The number of likely N-dealkylation sites (N-methyl/N-ethyl adjacent to an activating group) is 1. The summed E-state index contributed by atoms with van der Waals surface area (Å²) in [6.45, 7) is 8.48. The molecule has 0 aromatic heterocycles. The van der Waals surface area contributed by atoms with Gasteiger partial charge in [0.05, 0.1) is 25.2 Å². The molecule has 0 radical (unpaired) electrons. The lowest BCUT2D eigenvalue weighted by molar-refractivity contribution is -0.150. The van der Waals surface area contributed by atoms with Gasteiger partial charge in [-0.2, -0.15) is 0 Å². The number of allylic oxidation sites excluding steroid dienone is 1. The van der Waals surface area contributed by atoms with E-state index in [0.29, 0.717) is 18.9 Å². The Balaban J connectivity index is 1.85. The molecule has 2 fully saturated rings. The number of carbonyl (C=O) groups is 1. The number of hydrogen-bond acceptors (Lipinski definition) is 6. The van der Waals surface area contributed by atoms with E-state index in [4.69, 9.17) is 14.2 Å². The lowest BCUT2D eigenvalue weighted by Gasteiger charge is -2.60. The topological polar surface area (TPSA) is 68.2 Å². The number of likely N-dealkylation sites (tertiary alicyclic amines) is 1. The number of rotatable bonds is 5. The summed E-state index contributed by atoms with van der Waals surface area (Å²) in [5.74, 6) is 0.588. The second-order valence-electron chi connectivity index (χ2n) is 9.02. The van der Waals surface area contributed by atoms with Crippen LogP contribution in [0.4, 0.5) is 0 Å². The molecule has 1 saturated carbocycles. The van der Waals surface area contributed by atoms with Crippen LogP contribution < -0.4 is 4.74 Å². The van der Waals surface area contributed by atoms with E-state index in [1.165, 1.54) is 0 Å². The summed E-state index contributed by atoms with van der Waals surface area (Å²) in [5.41, 5.74) is 1.80. The van der Waals surface area contributed by atoms with Crippen LogP contribution in [0.25, 0.3) is 5.57 Å². The number of ketones is 1. The molecule has 1 spiro atoms. The van der Waals surface area contributed by atoms with Crippen molar-refractivity contribution in [1.29, 1.82) is 0 Å². The van der Waals surface area contributed by atoms with Gasteiger partial charge in [0, 0.05) is 44.1 Å². The number of phenols is 1. The van der Waals surface area contributed by atoms with Crippen molar-refractivity contribution < 1.29 is 24.1 Å². The van der Waals surface area contributed by atoms with Gasteiger partial charge in [0.25, 0.3) is 0 Å². The number of phenolic OH excluding ortho intramolecular Hbond substituents is 1. The van der Waals surface area contributed by atoms with Crippen molar-refractivity contribution in [2.75, 3.05) is 41.0 Å². The zero-order valence-corrected chi connectivity index (χ0v) is 18.0. The lowest BCUT2D eigenvalue weighted by atomic mass is 9.50. The Bertz CT molecular complexity index is 971. The van der Waals surface area contributed by atoms with E-state index in [9.17, 15) is 9.90 Å². The monoisotopic (exact) mass is 411 g/mol. The van der Waals surface area contributed by atoms with Gasteiger partial charge in [-0.25, -0.2) is 0 Å². The highest BCUT2D eigenvalue weighted by molar-refractivity contribution is 5.99. The Labute approximate surface area is 177 Å². The number of fused-ring (bicyclic) bond motifs is 2. The van der Waals surface area contributed by atoms with Crippen molar-refractivity contribution in [3.8, 4) is 11.5 Å². The van der Waals surface area contributed by atoms with E-state index >= 15 is 0 Å². The normalized spacial score (nSPS) is 38.7. The Morgan fingerprint density at radius 3 is 2.70 bits per heavy atom. The van der Waals surface area contributed by atoms with Crippen molar-refractivity contribution in [3.63, 3.8) is 0 Å². The largest absolute Gasteiger partial charge is 0.504 e. The van der Waals surface area contributed by atoms with Gasteiger partial charge in [0.15, 0.2) is 17.3 Å². The molecule has 160 valence electrons. The van der Waals surface area contributed by atoms with Gasteiger partial charge >= 0.3 is 0 Å². The zero-order chi connectivity index (χ0) is 21.4. The average Bonchev–Trinajstić information content (AvgIpc) is 2.92. The number of piperidine rings is 1. The maximum absolute atomic E-state index is 13.4. The van der Waals surface area contributed by atoms with Gasteiger partial charge in [0.2, 0.25) is 0 Å². The third-order valence-electron chi connectivity index (χ3n) is 8.14. The second kappa shape index (κ2) is 6.42. The smallest absolute Gasteiger partial charge is 0.165 e. The first-order valence-corrected chi connectivity index (χ1v) is 10.5. The zero-order valence-electron chi connectivity index (χ0n) is 18.0. The van der Waals surface area contributed by atoms with Gasteiger partial charge in [0.1, 0.15) is 0 Å². The van der Waals surface area contributed by atoms with Gasteiger partial charge in [-0.15, -0.1) is 0 Å². The molecule has 6 atom stereocenters. The molecule has 1 saturated heterocycles. The van der Waals surface area contributed by atoms with E-state index in [1.54, 1.807) is 33.5 Å². The van der Waals surface area contributed by atoms with E-state index in [-0.39, 0.29) is 35.5 Å². The van der Waals surface area contributed by atoms with Gasteiger partial charge < -0.3 is 19.3 Å². The summed E-state index contributed by atoms with van der Waals surface area (Å²) in [4.78, 5) is 15.8. The predicted octanol–water partition coefficient (Wildman–Crippen LogP) is 2.62. The minimum absolute atomic E-state index is 0.0317. The van der Waals surface area contributed by atoms with Crippen LogP contribution in [0, 0.1) is 16.7 Å². The van der Waals surface area contributed by atoms with Gasteiger partial charge in [-0.05, 0) is 41.5 Å². The predicted molar refractivity (Wildman–Crippen MR) is 113 cm³/mol. The third-order valence-corrected chi connectivity index (χ3v) is 8.14. The Morgan fingerprint density at radius 1 is 1.30 bits per heavy atom. The summed E-state index contributed by atoms with van der Waals surface area (Å²) in [6.07, 6.45) is 3.63. The number of carbonyl (C=O) groups excluding carboxylic acids is 1. The fraction of sp³-hybridized carbons (Fsp3) is 0.542. The van der Waals surface area contributed by atoms with Crippen LogP contribution in [-0.2, 0) is 14.3 Å². The second-order valence-corrected chi connectivity index (χ2v) is 9.02. The van der Waals surface area contributed by atoms with Crippen LogP contribution in [0.15, 0.2) is 30.9 Å². The lowest BCUT2D eigenvalue weighted by Crippen LogP contribution is -2.67. The summed E-state index contributed by atoms with van der Waals surface area (Å²) >= 11 is 0. The minimum Gasteiger partial charge on any atom is -0.504 e. The van der Waals surface area contributed by atoms with E-state index in [0.717, 1.165) is 23.2 Å².